The van der Waals surface area contributed by atoms with Crippen molar-refractivity contribution in [3.05, 3.63) is 35.2 Å². The summed E-state index contributed by atoms with van der Waals surface area (Å²) >= 11 is 1.62. The molecule has 0 saturated heterocycles. The molecule has 2 aromatic heterocycles. The summed E-state index contributed by atoms with van der Waals surface area (Å²) in [4.78, 5) is 0. The van der Waals surface area contributed by atoms with Crippen molar-refractivity contribution >= 4 is 11.3 Å². The number of thiophene rings is 1. The number of nitrogens with zero attached hydrogens (tertiary/aromatic N) is 1. The summed E-state index contributed by atoms with van der Waals surface area (Å²) in [5.74, 6) is 0. The summed E-state index contributed by atoms with van der Waals surface area (Å²) in [5, 5.41) is 13.2. The fourth-order valence-electron chi connectivity index (χ4n) is 1.01. The van der Waals surface area contributed by atoms with E-state index in [0.29, 0.717) is 0 Å². The van der Waals surface area contributed by atoms with Gasteiger partial charge >= 0.3 is 0 Å². The van der Waals surface area contributed by atoms with Crippen LogP contribution < -0.4 is 0 Å². The maximum Gasteiger partial charge on any atom is 0.0873 e. The second-order valence-corrected chi connectivity index (χ2v) is 3.03. The Morgan fingerprint density at radius 3 is 2.82 bits per heavy atom. The molecule has 2 aromatic rings. The fraction of sp³-hybridized carbons (Fsp3) is 0. The molecule has 0 aromatic carbocycles. The lowest BCUT2D eigenvalue weighted by molar-refractivity contribution is 0.192. The van der Waals surface area contributed by atoms with Gasteiger partial charge < -0.3 is 5.21 Å². The molecule has 56 valence electrons. The molecule has 0 radical (unpaired) electrons. The maximum atomic E-state index is 9.24. The zero-order chi connectivity index (χ0) is 7.68. The van der Waals surface area contributed by atoms with Crippen molar-refractivity contribution in [3.63, 3.8) is 0 Å². The highest BCUT2D eigenvalue weighted by molar-refractivity contribution is 7.08. The SMILES string of the molecule is On1cccc1-c1ccsc1. The van der Waals surface area contributed by atoms with E-state index in [1.807, 2.05) is 29.0 Å². The van der Waals surface area contributed by atoms with Crippen LogP contribution in [0.25, 0.3) is 11.3 Å². The molecule has 11 heavy (non-hydrogen) atoms. The van der Waals surface area contributed by atoms with Crippen LogP contribution in [0.15, 0.2) is 35.2 Å². The molecule has 2 heterocycles. The summed E-state index contributed by atoms with van der Waals surface area (Å²) < 4.78 is 1.13. The van der Waals surface area contributed by atoms with E-state index in [1.54, 1.807) is 17.5 Å². The van der Waals surface area contributed by atoms with E-state index in [-0.39, 0.29) is 0 Å². The summed E-state index contributed by atoms with van der Waals surface area (Å²) in [6.07, 6.45) is 1.62. The van der Waals surface area contributed by atoms with Gasteiger partial charge in [0.15, 0.2) is 0 Å². The smallest absolute Gasteiger partial charge is 0.0873 e. The van der Waals surface area contributed by atoms with E-state index in [2.05, 4.69) is 0 Å². The largest absolute Gasteiger partial charge is 0.428 e. The number of hydrogen-bond donors (Lipinski definition) is 1. The van der Waals surface area contributed by atoms with Crippen molar-refractivity contribution in [1.82, 2.24) is 4.73 Å². The first kappa shape index (κ1) is 6.49. The number of aromatic nitrogens is 1. The highest BCUT2D eigenvalue weighted by Gasteiger charge is 2.01. The highest BCUT2D eigenvalue weighted by atomic mass is 32.1. The Balaban J connectivity index is 2.53. The first-order valence-electron chi connectivity index (χ1n) is 3.27. The fourth-order valence-corrected chi connectivity index (χ4v) is 1.66. The van der Waals surface area contributed by atoms with Crippen LogP contribution in [0.3, 0.4) is 0 Å². The molecule has 0 spiro atoms. The quantitative estimate of drug-likeness (QED) is 0.645. The van der Waals surface area contributed by atoms with E-state index in [0.717, 1.165) is 16.0 Å². The minimum absolute atomic E-state index is 0.839. The second kappa shape index (κ2) is 2.43. The number of rotatable bonds is 1. The van der Waals surface area contributed by atoms with Gasteiger partial charge in [0.2, 0.25) is 0 Å². The lowest BCUT2D eigenvalue weighted by atomic mass is 10.2. The molecule has 0 bridgehead atoms. The first-order chi connectivity index (χ1) is 5.38. The first-order valence-corrected chi connectivity index (χ1v) is 4.21. The Kier molecular flexibility index (Phi) is 1.43. The van der Waals surface area contributed by atoms with E-state index < -0.39 is 0 Å². The average Bonchev–Trinajstić information content (AvgIpc) is 2.55. The van der Waals surface area contributed by atoms with Gasteiger partial charge in [-0.15, -0.1) is 0 Å². The minimum atomic E-state index is 0.839. The third-order valence-corrected chi connectivity index (χ3v) is 2.23. The third kappa shape index (κ3) is 1.03. The topological polar surface area (TPSA) is 25.2 Å². The Morgan fingerprint density at radius 1 is 1.36 bits per heavy atom. The van der Waals surface area contributed by atoms with E-state index >= 15 is 0 Å². The molecule has 0 amide bonds. The Morgan fingerprint density at radius 2 is 2.27 bits per heavy atom. The predicted molar refractivity (Wildman–Crippen MR) is 44.9 cm³/mol. The molecule has 0 atom stereocenters. The summed E-state index contributed by atoms with van der Waals surface area (Å²) in [7, 11) is 0. The summed E-state index contributed by atoms with van der Waals surface area (Å²) in [5.41, 5.74) is 1.90. The molecular weight excluding hydrogens is 158 g/mol. The van der Waals surface area contributed by atoms with Gasteiger partial charge in [0, 0.05) is 17.1 Å². The van der Waals surface area contributed by atoms with Gasteiger partial charge in [0.25, 0.3) is 0 Å². The molecule has 1 N–H and O–H groups in total. The van der Waals surface area contributed by atoms with Gasteiger partial charge in [-0.3, -0.25) is 0 Å². The summed E-state index contributed by atoms with van der Waals surface area (Å²) in [6.45, 7) is 0. The van der Waals surface area contributed by atoms with Gasteiger partial charge in [-0.25, -0.2) is 0 Å². The lowest BCUT2D eigenvalue weighted by Crippen LogP contribution is -1.88. The van der Waals surface area contributed by atoms with Crippen LogP contribution in [0.5, 0.6) is 0 Å². The van der Waals surface area contributed by atoms with Gasteiger partial charge in [-0.2, -0.15) is 16.1 Å². The van der Waals surface area contributed by atoms with Crippen LogP contribution in [0.1, 0.15) is 0 Å². The molecule has 2 rings (SSSR count). The molecule has 0 fully saturated rings. The van der Waals surface area contributed by atoms with Gasteiger partial charge in [-0.1, -0.05) is 0 Å². The molecule has 2 nitrogen and oxygen atoms in total. The average molecular weight is 165 g/mol. The van der Waals surface area contributed by atoms with Crippen molar-refractivity contribution in [2.24, 2.45) is 0 Å². The van der Waals surface area contributed by atoms with Crippen molar-refractivity contribution in [1.29, 1.82) is 0 Å². The van der Waals surface area contributed by atoms with Crippen molar-refractivity contribution < 1.29 is 5.21 Å². The molecular formula is C8H7NOS. The molecule has 0 saturated carbocycles. The predicted octanol–water partition coefficient (Wildman–Crippen LogP) is 2.45. The zero-order valence-electron chi connectivity index (χ0n) is 5.77. The second-order valence-electron chi connectivity index (χ2n) is 2.25. The summed E-state index contributed by atoms with van der Waals surface area (Å²) in [6, 6.07) is 5.67. The van der Waals surface area contributed by atoms with Gasteiger partial charge in [0.05, 0.1) is 5.69 Å². The molecule has 3 heteroatoms. The van der Waals surface area contributed by atoms with Crippen LogP contribution in [0, 0.1) is 0 Å². The zero-order valence-corrected chi connectivity index (χ0v) is 6.58. The maximum absolute atomic E-state index is 9.24. The van der Waals surface area contributed by atoms with Gasteiger partial charge in [-0.05, 0) is 23.6 Å². The number of hydrogen-bond acceptors (Lipinski definition) is 2. The Hall–Kier alpha value is -1.22. The van der Waals surface area contributed by atoms with Crippen LogP contribution in [0.4, 0.5) is 0 Å². The molecule has 0 aliphatic rings. The third-order valence-electron chi connectivity index (χ3n) is 1.55. The normalized spacial score (nSPS) is 10.2. The monoisotopic (exact) mass is 165 g/mol. The van der Waals surface area contributed by atoms with Gasteiger partial charge in [0.1, 0.15) is 0 Å². The molecule has 0 unspecified atom stereocenters. The van der Waals surface area contributed by atoms with E-state index in [4.69, 9.17) is 0 Å². The minimum Gasteiger partial charge on any atom is -0.428 e. The molecule has 0 aliphatic heterocycles. The van der Waals surface area contributed by atoms with Crippen LogP contribution >= 0.6 is 11.3 Å². The lowest BCUT2D eigenvalue weighted by Gasteiger charge is -1.96. The van der Waals surface area contributed by atoms with Crippen molar-refractivity contribution in [3.8, 4) is 11.3 Å². The standard InChI is InChI=1S/C8H7NOS/c10-9-4-1-2-8(9)7-3-5-11-6-7/h1-6,10H. The van der Waals surface area contributed by atoms with E-state index in [9.17, 15) is 5.21 Å². The Bertz CT molecular complexity index is 337. The van der Waals surface area contributed by atoms with Crippen LogP contribution in [-0.4, -0.2) is 9.94 Å². The van der Waals surface area contributed by atoms with Crippen LogP contribution in [-0.2, 0) is 0 Å². The van der Waals surface area contributed by atoms with E-state index in [1.165, 1.54) is 0 Å². The van der Waals surface area contributed by atoms with Crippen LogP contribution in [0.2, 0.25) is 0 Å². The van der Waals surface area contributed by atoms with Crippen molar-refractivity contribution in [2.45, 2.75) is 0 Å². The Labute approximate surface area is 68.3 Å². The molecule has 0 aliphatic carbocycles. The van der Waals surface area contributed by atoms with Crippen molar-refractivity contribution in [2.75, 3.05) is 0 Å². The highest BCUT2D eigenvalue weighted by Crippen LogP contribution is 2.21.